The molecular formula is C11H19N3O2. The van der Waals surface area contributed by atoms with Gasteiger partial charge in [0.2, 0.25) is 0 Å². The molecule has 0 spiro atoms. The van der Waals surface area contributed by atoms with Crippen LogP contribution in [0.4, 0.5) is 0 Å². The fraction of sp³-hybridized carbons (Fsp3) is 0.636. The minimum atomic E-state index is -0.384. The van der Waals surface area contributed by atoms with Crippen molar-refractivity contribution in [1.82, 2.24) is 15.3 Å². The number of hydrogen-bond acceptors (Lipinski definition) is 3. The molecule has 0 aliphatic heterocycles. The Morgan fingerprint density at radius 3 is 2.56 bits per heavy atom. The highest BCUT2D eigenvalue weighted by Crippen LogP contribution is 2.04. The van der Waals surface area contributed by atoms with E-state index < -0.39 is 0 Å². The van der Waals surface area contributed by atoms with Gasteiger partial charge in [-0.05, 0) is 40.7 Å². The lowest BCUT2D eigenvalue weighted by molar-refractivity contribution is -0.146. The minimum Gasteiger partial charge on any atom is -0.271 e. The summed E-state index contributed by atoms with van der Waals surface area (Å²) in [5, 5.41) is 4.19. The van der Waals surface area contributed by atoms with Crippen molar-refractivity contribution in [3.8, 4) is 0 Å². The highest BCUT2D eigenvalue weighted by molar-refractivity contribution is 5.74. The smallest absolute Gasteiger partial charge is 0.265 e. The van der Waals surface area contributed by atoms with Crippen molar-refractivity contribution in [2.75, 3.05) is 0 Å². The standard InChI is InChI=1S/C11H19N3O2/c1-8-6-9(2)14(12-8)7-10(15)13-16-11(3,4)5/h6H,7H2,1-5H3,(H,13,15). The van der Waals surface area contributed by atoms with Gasteiger partial charge in [0.05, 0.1) is 11.3 Å². The Morgan fingerprint density at radius 2 is 2.12 bits per heavy atom. The van der Waals surface area contributed by atoms with Gasteiger partial charge in [-0.3, -0.25) is 14.3 Å². The van der Waals surface area contributed by atoms with Crippen LogP contribution in [-0.4, -0.2) is 21.3 Å². The SMILES string of the molecule is Cc1cc(C)n(CC(=O)NOC(C)(C)C)n1. The third-order valence-corrected chi connectivity index (χ3v) is 1.87. The van der Waals surface area contributed by atoms with Crippen molar-refractivity contribution < 1.29 is 9.63 Å². The number of rotatable bonds is 3. The molecule has 0 aliphatic rings. The van der Waals surface area contributed by atoms with Gasteiger partial charge >= 0.3 is 0 Å². The Bertz CT molecular complexity index is 377. The van der Waals surface area contributed by atoms with E-state index in [1.54, 1.807) is 4.68 Å². The van der Waals surface area contributed by atoms with Crippen LogP contribution in [0, 0.1) is 13.8 Å². The second-order valence-electron chi connectivity index (χ2n) is 4.82. The van der Waals surface area contributed by atoms with Crippen molar-refractivity contribution >= 4 is 5.91 Å². The molecule has 5 heteroatoms. The quantitative estimate of drug-likeness (QED) is 0.790. The Balaban J connectivity index is 2.49. The van der Waals surface area contributed by atoms with E-state index in [-0.39, 0.29) is 18.1 Å². The number of carbonyl (C=O) groups excluding carboxylic acids is 1. The molecule has 5 nitrogen and oxygen atoms in total. The number of nitrogens with one attached hydrogen (secondary N) is 1. The van der Waals surface area contributed by atoms with Crippen LogP contribution in [0.3, 0.4) is 0 Å². The van der Waals surface area contributed by atoms with E-state index in [4.69, 9.17) is 4.84 Å². The topological polar surface area (TPSA) is 56.2 Å². The zero-order chi connectivity index (χ0) is 12.3. The Hall–Kier alpha value is -1.36. The molecular weight excluding hydrogens is 206 g/mol. The van der Waals surface area contributed by atoms with Crippen molar-refractivity contribution in [2.24, 2.45) is 0 Å². The lowest BCUT2D eigenvalue weighted by Gasteiger charge is -2.19. The first-order chi connectivity index (χ1) is 7.28. The van der Waals surface area contributed by atoms with E-state index in [1.165, 1.54) is 0 Å². The average Bonchev–Trinajstić information content (AvgIpc) is 2.41. The van der Waals surface area contributed by atoms with Gasteiger partial charge in [-0.1, -0.05) is 0 Å². The molecule has 0 bridgehead atoms. The zero-order valence-corrected chi connectivity index (χ0v) is 10.5. The molecule has 1 aromatic heterocycles. The van der Waals surface area contributed by atoms with Crippen molar-refractivity contribution in [3.05, 3.63) is 17.5 Å². The van der Waals surface area contributed by atoms with E-state index >= 15 is 0 Å². The second-order valence-corrected chi connectivity index (χ2v) is 4.82. The molecule has 1 amide bonds. The summed E-state index contributed by atoms with van der Waals surface area (Å²) < 4.78 is 1.65. The maximum Gasteiger partial charge on any atom is 0.265 e. The molecule has 1 N–H and O–H groups in total. The third kappa shape index (κ3) is 4.02. The highest BCUT2D eigenvalue weighted by atomic mass is 16.7. The predicted octanol–water partition coefficient (Wildman–Crippen LogP) is 1.35. The van der Waals surface area contributed by atoms with Crippen molar-refractivity contribution in [3.63, 3.8) is 0 Å². The maximum absolute atomic E-state index is 11.5. The van der Waals surface area contributed by atoms with Crippen LogP contribution in [-0.2, 0) is 16.2 Å². The van der Waals surface area contributed by atoms with Gasteiger partial charge in [0.25, 0.3) is 5.91 Å². The molecule has 1 rings (SSSR count). The molecule has 0 aromatic carbocycles. The van der Waals surface area contributed by atoms with Crippen molar-refractivity contribution in [1.29, 1.82) is 0 Å². The van der Waals surface area contributed by atoms with E-state index in [2.05, 4.69) is 10.6 Å². The maximum atomic E-state index is 11.5. The lowest BCUT2D eigenvalue weighted by atomic mass is 10.2. The van der Waals surface area contributed by atoms with Crippen LogP contribution in [0.1, 0.15) is 32.2 Å². The summed E-state index contributed by atoms with van der Waals surface area (Å²) >= 11 is 0. The van der Waals surface area contributed by atoms with Gasteiger partial charge in [-0.15, -0.1) is 0 Å². The molecule has 0 fully saturated rings. The summed E-state index contributed by atoms with van der Waals surface area (Å²) in [5.74, 6) is -0.207. The normalized spacial score (nSPS) is 11.6. The molecule has 90 valence electrons. The Labute approximate surface area is 95.7 Å². The molecule has 1 aromatic rings. The van der Waals surface area contributed by atoms with Gasteiger partial charge in [-0.25, -0.2) is 5.48 Å². The van der Waals surface area contributed by atoms with Crippen LogP contribution in [0.5, 0.6) is 0 Å². The van der Waals surface area contributed by atoms with Gasteiger partial charge < -0.3 is 0 Å². The van der Waals surface area contributed by atoms with Crippen LogP contribution < -0.4 is 5.48 Å². The third-order valence-electron chi connectivity index (χ3n) is 1.87. The molecule has 0 radical (unpaired) electrons. The van der Waals surface area contributed by atoms with Crippen LogP contribution in [0.15, 0.2) is 6.07 Å². The molecule has 0 aliphatic carbocycles. The molecule has 1 heterocycles. The first kappa shape index (κ1) is 12.7. The molecule has 0 unspecified atom stereocenters. The van der Waals surface area contributed by atoms with Gasteiger partial charge in [0, 0.05) is 5.69 Å². The van der Waals surface area contributed by atoms with Gasteiger partial charge in [0.15, 0.2) is 0 Å². The second kappa shape index (κ2) is 4.65. The van der Waals surface area contributed by atoms with Crippen LogP contribution in [0.2, 0.25) is 0 Å². The predicted molar refractivity (Wildman–Crippen MR) is 60.7 cm³/mol. The number of aryl methyl sites for hydroxylation is 2. The highest BCUT2D eigenvalue weighted by Gasteiger charge is 2.13. The summed E-state index contributed by atoms with van der Waals surface area (Å²) in [5.41, 5.74) is 3.89. The summed E-state index contributed by atoms with van der Waals surface area (Å²) in [4.78, 5) is 16.7. The van der Waals surface area contributed by atoms with Crippen LogP contribution in [0.25, 0.3) is 0 Å². The van der Waals surface area contributed by atoms with Gasteiger partial charge in [0.1, 0.15) is 6.54 Å². The number of aromatic nitrogens is 2. The number of amides is 1. The average molecular weight is 225 g/mol. The summed E-state index contributed by atoms with van der Waals surface area (Å²) in [6, 6.07) is 1.93. The van der Waals surface area contributed by atoms with E-state index in [0.717, 1.165) is 11.4 Å². The van der Waals surface area contributed by atoms with E-state index in [1.807, 2.05) is 40.7 Å². The Kier molecular flexibility index (Phi) is 3.70. The van der Waals surface area contributed by atoms with E-state index in [0.29, 0.717) is 0 Å². The molecule has 0 saturated heterocycles. The monoisotopic (exact) mass is 225 g/mol. The molecule has 16 heavy (non-hydrogen) atoms. The minimum absolute atomic E-state index is 0.176. The summed E-state index contributed by atoms with van der Waals surface area (Å²) in [6.07, 6.45) is 0. The number of hydrogen-bond donors (Lipinski definition) is 1. The number of carbonyl (C=O) groups is 1. The molecule has 0 atom stereocenters. The lowest BCUT2D eigenvalue weighted by Crippen LogP contribution is -2.35. The zero-order valence-electron chi connectivity index (χ0n) is 10.5. The number of nitrogens with zero attached hydrogens (tertiary/aromatic N) is 2. The van der Waals surface area contributed by atoms with Gasteiger partial charge in [-0.2, -0.15) is 5.10 Å². The van der Waals surface area contributed by atoms with Crippen LogP contribution >= 0.6 is 0 Å². The summed E-state index contributed by atoms with van der Waals surface area (Å²) in [7, 11) is 0. The first-order valence-electron chi connectivity index (χ1n) is 5.26. The molecule has 0 saturated carbocycles. The Morgan fingerprint density at radius 1 is 1.50 bits per heavy atom. The fourth-order valence-electron chi connectivity index (χ4n) is 1.21. The largest absolute Gasteiger partial charge is 0.271 e. The fourth-order valence-corrected chi connectivity index (χ4v) is 1.21. The number of hydroxylamine groups is 1. The van der Waals surface area contributed by atoms with Crippen molar-refractivity contribution in [2.45, 2.75) is 46.8 Å². The summed E-state index contributed by atoms with van der Waals surface area (Å²) in [6.45, 7) is 9.60. The van der Waals surface area contributed by atoms with E-state index in [9.17, 15) is 4.79 Å². The first-order valence-corrected chi connectivity index (χ1v) is 5.26.